The maximum Gasteiger partial charge on any atom is 0.170 e. The van der Waals surface area contributed by atoms with E-state index in [0.29, 0.717) is 5.11 Å². The molecule has 0 aromatic heterocycles. The molecule has 0 fully saturated rings. The zero-order valence-electron chi connectivity index (χ0n) is 14.1. The minimum absolute atomic E-state index is 0.582. The van der Waals surface area contributed by atoms with Crippen molar-refractivity contribution in [3.8, 4) is 5.75 Å². The van der Waals surface area contributed by atoms with Crippen LogP contribution >= 0.6 is 23.8 Å². The highest BCUT2D eigenvalue weighted by molar-refractivity contribution is 7.80. The van der Waals surface area contributed by atoms with Crippen LogP contribution < -0.4 is 20.3 Å². The first kappa shape index (κ1) is 18.4. The van der Waals surface area contributed by atoms with Crippen molar-refractivity contribution in [2.75, 3.05) is 37.5 Å². The van der Waals surface area contributed by atoms with Gasteiger partial charge in [-0.05, 0) is 61.1 Å². The van der Waals surface area contributed by atoms with Gasteiger partial charge in [-0.3, -0.25) is 0 Å². The van der Waals surface area contributed by atoms with E-state index in [0.717, 1.165) is 40.8 Å². The Hall–Kier alpha value is -1.98. The largest absolute Gasteiger partial charge is 0.497 e. The van der Waals surface area contributed by atoms with Crippen LogP contribution in [0.5, 0.6) is 5.75 Å². The standard InChI is InChI=1S/C18H22ClN3OS/c1-13-4-5-14(12-17(13)19)21-18(24)20-10-11-22(2)15-6-8-16(23-3)9-7-15/h4-9,12H,10-11H2,1-3H3,(H2,20,21,24). The number of halogens is 1. The molecule has 24 heavy (non-hydrogen) atoms. The normalized spacial score (nSPS) is 10.2. The highest BCUT2D eigenvalue weighted by atomic mass is 35.5. The number of nitrogens with one attached hydrogen (secondary N) is 2. The number of anilines is 2. The molecule has 0 aliphatic heterocycles. The van der Waals surface area contributed by atoms with Gasteiger partial charge in [-0.1, -0.05) is 17.7 Å². The number of hydrogen-bond donors (Lipinski definition) is 2. The van der Waals surface area contributed by atoms with Gasteiger partial charge in [0, 0.05) is 36.5 Å². The van der Waals surface area contributed by atoms with Crippen LogP contribution in [0.2, 0.25) is 5.02 Å². The summed E-state index contributed by atoms with van der Waals surface area (Å²) in [5.74, 6) is 0.854. The van der Waals surface area contributed by atoms with Crippen molar-refractivity contribution in [2.24, 2.45) is 0 Å². The number of hydrogen-bond acceptors (Lipinski definition) is 3. The first-order valence-electron chi connectivity index (χ1n) is 7.66. The highest BCUT2D eigenvalue weighted by Gasteiger charge is 2.03. The quantitative estimate of drug-likeness (QED) is 0.756. The number of nitrogens with zero attached hydrogens (tertiary/aromatic N) is 1. The van der Waals surface area contributed by atoms with Crippen LogP contribution in [0.3, 0.4) is 0 Å². The van der Waals surface area contributed by atoms with Crippen LogP contribution in [-0.4, -0.2) is 32.4 Å². The molecule has 0 amide bonds. The Morgan fingerprint density at radius 3 is 2.54 bits per heavy atom. The molecular weight excluding hydrogens is 342 g/mol. The molecule has 0 aliphatic carbocycles. The molecule has 2 rings (SSSR count). The first-order chi connectivity index (χ1) is 11.5. The second-order valence-corrected chi connectivity index (χ2v) is 6.28. The molecule has 2 aromatic rings. The summed E-state index contributed by atoms with van der Waals surface area (Å²) >= 11 is 11.4. The monoisotopic (exact) mass is 363 g/mol. The van der Waals surface area contributed by atoms with Crippen LogP contribution in [0.25, 0.3) is 0 Å². The van der Waals surface area contributed by atoms with E-state index in [1.54, 1.807) is 7.11 Å². The van der Waals surface area contributed by atoms with Gasteiger partial charge in [0.15, 0.2) is 5.11 Å². The van der Waals surface area contributed by atoms with E-state index in [1.807, 2.05) is 56.4 Å². The smallest absolute Gasteiger partial charge is 0.170 e. The van der Waals surface area contributed by atoms with Gasteiger partial charge in [0.1, 0.15) is 5.75 Å². The van der Waals surface area contributed by atoms with Crippen LogP contribution in [0.4, 0.5) is 11.4 Å². The van der Waals surface area contributed by atoms with Crippen molar-refractivity contribution in [3.05, 3.63) is 53.1 Å². The summed E-state index contributed by atoms with van der Waals surface area (Å²) in [6, 6.07) is 13.8. The molecule has 0 radical (unpaired) electrons. The molecule has 128 valence electrons. The molecule has 0 heterocycles. The Labute approximate surface area is 153 Å². The van der Waals surface area contributed by atoms with Crippen molar-refractivity contribution >= 4 is 40.3 Å². The van der Waals surface area contributed by atoms with Gasteiger partial charge in [-0.25, -0.2) is 0 Å². The summed E-state index contributed by atoms with van der Waals surface area (Å²) in [4.78, 5) is 2.15. The highest BCUT2D eigenvalue weighted by Crippen LogP contribution is 2.20. The van der Waals surface area contributed by atoms with Gasteiger partial charge in [-0.15, -0.1) is 0 Å². The van der Waals surface area contributed by atoms with Gasteiger partial charge in [0.25, 0.3) is 0 Å². The molecule has 0 bridgehead atoms. The molecule has 2 aromatic carbocycles. The van der Waals surface area contributed by atoms with Crippen LogP contribution in [0, 0.1) is 6.92 Å². The Morgan fingerprint density at radius 2 is 1.92 bits per heavy atom. The van der Waals surface area contributed by atoms with E-state index in [1.165, 1.54) is 0 Å². The summed E-state index contributed by atoms with van der Waals surface area (Å²) in [5, 5.41) is 7.64. The summed E-state index contributed by atoms with van der Waals surface area (Å²) in [7, 11) is 3.71. The molecular formula is C18H22ClN3OS. The number of rotatable bonds is 6. The number of thiocarbonyl (C=S) groups is 1. The van der Waals surface area contributed by atoms with Crippen molar-refractivity contribution in [1.82, 2.24) is 5.32 Å². The molecule has 4 nitrogen and oxygen atoms in total. The first-order valence-corrected chi connectivity index (χ1v) is 8.44. The van der Waals surface area contributed by atoms with Crippen LogP contribution in [0.15, 0.2) is 42.5 Å². The van der Waals surface area contributed by atoms with Crippen molar-refractivity contribution in [1.29, 1.82) is 0 Å². The van der Waals surface area contributed by atoms with Crippen molar-refractivity contribution in [2.45, 2.75) is 6.92 Å². The molecule has 0 saturated heterocycles. The number of methoxy groups -OCH3 is 1. The summed E-state index contributed by atoms with van der Waals surface area (Å²) in [6.45, 7) is 3.52. The minimum atomic E-state index is 0.582. The zero-order chi connectivity index (χ0) is 17.5. The lowest BCUT2D eigenvalue weighted by molar-refractivity contribution is 0.415. The molecule has 6 heteroatoms. The Bertz CT molecular complexity index is 691. The van der Waals surface area contributed by atoms with E-state index in [2.05, 4.69) is 15.5 Å². The van der Waals surface area contributed by atoms with E-state index in [9.17, 15) is 0 Å². The lowest BCUT2D eigenvalue weighted by Crippen LogP contribution is -2.35. The molecule has 0 spiro atoms. The molecule has 0 aliphatic rings. The molecule has 0 saturated carbocycles. The van der Waals surface area contributed by atoms with Gasteiger partial charge in [0.05, 0.1) is 7.11 Å². The van der Waals surface area contributed by atoms with Gasteiger partial charge in [0.2, 0.25) is 0 Å². The lowest BCUT2D eigenvalue weighted by Gasteiger charge is -2.20. The second-order valence-electron chi connectivity index (χ2n) is 5.46. The van der Waals surface area contributed by atoms with E-state index >= 15 is 0 Å². The maximum absolute atomic E-state index is 6.11. The van der Waals surface area contributed by atoms with E-state index < -0.39 is 0 Å². The molecule has 0 atom stereocenters. The maximum atomic E-state index is 6.11. The summed E-state index contributed by atoms with van der Waals surface area (Å²) in [6.07, 6.45) is 0. The van der Waals surface area contributed by atoms with Crippen LogP contribution in [0.1, 0.15) is 5.56 Å². The number of likely N-dealkylation sites (N-methyl/N-ethyl adjacent to an activating group) is 1. The minimum Gasteiger partial charge on any atom is -0.497 e. The molecule has 0 unspecified atom stereocenters. The average Bonchev–Trinajstić information content (AvgIpc) is 2.58. The van der Waals surface area contributed by atoms with Gasteiger partial charge < -0.3 is 20.3 Å². The summed E-state index contributed by atoms with van der Waals surface area (Å²) in [5.41, 5.74) is 3.05. The zero-order valence-corrected chi connectivity index (χ0v) is 15.7. The number of benzene rings is 2. The fourth-order valence-corrected chi connectivity index (χ4v) is 2.55. The third-order valence-electron chi connectivity index (χ3n) is 3.68. The van der Waals surface area contributed by atoms with Crippen molar-refractivity contribution in [3.63, 3.8) is 0 Å². The predicted molar refractivity (Wildman–Crippen MR) is 107 cm³/mol. The van der Waals surface area contributed by atoms with Crippen LogP contribution in [-0.2, 0) is 0 Å². The fraction of sp³-hybridized carbons (Fsp3) is 0.278. The second kappa shape index (κ2) is 8.76. The summed E-state index contributed by atoms with van der Waals surface area (Å²) < 4.78 is 5.17. The van der Waals surface area contributed by atoms with E-state index in [4.69, 9.17) is 28.6 Å². The lowest BCUT2D eigenvalue weighted by atomic mass is 10.2. The molecule has 2 N–H and O–H groups in total. The SMILES string of the molecule is COc1ccc(N(C)CCNC(=S)Nc2ccc(C)c(Cl)c2)cc1. The topological polar surface area (TPSA) is 36.5 Å². The third kappa shape index (κ3) is 5.28. The van der Waals surface area contributed by atoms with Gasteiger partial charge in [-0.2, -0.15) is 0 Å². The van der Waals surface area contributed by atoms with Gasteiger partial charge >= 0.3 is 0 Å². The fourth-order valence-electron chi connectivity index (χ4n) is 2.15. The Kier molecular flexibility index (Phi) is 6.70. The number of aryl methyl sites for hydroxylation is 1. The Morgan fingerprint density at radius 1 is 1.21 bits per heavy atom. The average molecular weight is 364 g/mol. The third-order valence-corrected chi connectivity index (χ3v) is 4.33. The Balaban J connectivity index is 1.77. The van der Waals surface area contributed by atoms with Crippen molar-refractivity contribution < 1.29 is 4.74 Å². The predicted octanol–water partition coefficient (Wildman–Crippen LogP) is 4.08. The van der Waals surface area contributed by atoms with E-state index in [-0.39, 0.29) is 0 Å². The number of ether oxygens (including phenoxy) is 1.